The van der Waals surface area contributed by atoms with Crippen molar-refractivity contribution < 1.29 is 24.0 Å². The first-order valence-corrected chi connectivity index (χ1v) is 12.1. The molecule has 0 heterocycles. The second-order valence-corrected chi connectivity index (χ2v) is 12.7. The molecule has 3 aliphatic rings. The van der Waals surface area contributed by atoms with Crippen molar-refractivity contribution in [3.8, 4) is 0 Å². The number of hydrogen-bond acceptors (Lipinski definition) is 0. The molecule has 0 aromatic carbocycles. The molecular formula is C19H36IP. The lowest BCUT2D eigenvalue weighted by Crippen LogP contribution is -3.00. The smallest absolute Gasteiger partial charge is 0.0700 e. The summed E-state index contributed by atoms with van der Waals surface area (Å²) >= 11 is 0. The van der Waals surface area contributed by atoms with Crippen LogP contribution in [0.2, 0.25) is 0 Å². The molecule has 0 amide bonds. The molecule has 0 nitrogen and oxygen atoms in total. The third kappa shape index (κ3) is 4.17. The number of hydrogen-bond donors (Lipinski definition) is 0. The topological polar surface area (TPSA) is 0 Å². The van der Waals surface area contributed by atoms with Gasteiger partial charge in [0.1, 0.15) is 0 Å². The summed E-state index contributed by atoms with van der Waals surface area (Å²) in [6.45, 7) is 2.87. The Morgan fingerprint density at radius 3 is 0.952 bits per heavy atom. The highest BCUT2D eigenvalue weighted by atomic mass is 127. The van der Waals surface area contributed by atoms with Gasteiger partial charge in [0.15, 0.2) is 0 Å². The Bertz CT molecular complexity index is 240. The fourth-order valence-electron chi connectivity index (χ4n) is 5.81. The van der Waals surface area contributed by atoms with Crippen LogP contribution >= 0.6 is 7.26 Å². The van der Waals surface area contributed by atoms with Crippen LogP contribution in [0.1, 0.15) is 96.3 Å². The predicted molar refractivity (Wildman–Crippen MR) is 93.5 cm³/mol. The first kappa shape index (κ1) is 18.5. The van der Waals surface area contributed by atoms with E-state index in [1.54, 1.807) is 77.0 Å². The third-order valence-electron chi connectivity index (χ3n) is 7.08. The predicted octanol–water partition coefficient (Wildman–Crippen LogP) is 3.64. The summed E-state index contributed by atoms with van der Waals surface area (Å²) in [4.78, 5) is 0. The van der Waals surface area contributed by atoms with Gasteiger partial charge in [-0.3, -0.25) is 0 Å². The normalized spacial score (nSPS) is 27.3. The molecule has 0 aromatic heterocycles. The van der Waals surface area contributed by atoms with E-state index in [9.17, 15) is 0 Å². The minimum Gasteiger partial charge on any atom is -1.00 e. The fraction of sp³-hybridized carbons (Fsp3) is 1.00. The van der Waals surface area contributed by atoms with E-state index in [1.165, 1.54) is 36.2 Å². The maximum absolute atomic E-state index is 2.87. The van der Waals surface area contributed by atoms with Crippen molar-refractivity contribution in [1.29, 1.82) is 0 Å². The van der Waals surface area contributed by atoms with Crippen molar-refractivity contribution in [3.63, 3.8) is 0 Å². The molecule has 0 N–H and O–H groups in total. The van der Waals surface area contributed by atoms with Crippen LogP contribution in [0, 0.1) is 0 Å². The zero-order chi connectivity index (χ0) is 13.8. The zero-order valence-electron chi connectivity index (χ0n) is 14.2. The van der Waals surface area contributed by atoms with E-state index in [1.807, 2.05) is 0 Å². The van der Waals surface area contributed by atoms with Gasteiger partial charge in [-0.05, 0) is 77.0 Å². The van der Waals surface area contributed by atoms with Crippen molar-refractivity contribution in [1.82, 2.24) is 0 Å². The summed E-state index contributed by atoms with van der Waals surface area (Å²) in [5, 5.41) is 0. The minimum absolute atomic E-state index is 0. The van der Waals surface area contributed by atoms with Crippen molar-refractivity contribution >= 4 is 7.26 Å². The van der Waals surface area contributed by atoms with Crippen LogP contribution in [0.3, 0.4) is 0 Å². The lowest BCUT2D eigenvalue weighted by atomic mass is 9.99. The van der Waals surface area contributed by atoms with Gasteiger partial charge in [0.05, 0.1) is 17.0 Å². The summed E-state index contributed by atoms with van der Waals surface area (Å²) in [6.07, 6.45) is 23.6. The van der Waals surface area contributed by atoms with Gasteiger partial charge in [-0.1, -0.05) is 19.3 Å². The number of halogens is 1. The van der Waals surface area contributed by atoms with Gasteiger partial charge in [0.25, 0.3) is 0 Å². The largest absolute Gasteiger partial charge is 1.00 e. The second kappa shape index (κ2) is 8.86. The van der Waals surface area contributed by atoms with E-state index in [0.29, 0.717) is 0 Å². The summed E-state index contributed by atoms with van der Waals surface area (Å²) in [5.41, 5.74) is 3.55. The summed E-state index contributed by atoms with van der Waals surface area (Å²) in [6, 6.07) is 0. The van der Waals surface area contributed by atoms with E-state index in [2.05, 4.69) is 6.66 Å². The molecule has 3 aliphatic carbocycles. The number of rotatable bonds is 3. The van der Waals surface area contributed by atoms with Gasteiger partial charge >= 0.3 is 0 Å². The molecule has 0 spiro atoms. The Kier molecular flexibility index (Phi) is 7.80. The highest BCUT2D eigenvalue weighted by Crippen LogP contribution is 2.74. The first-order chi connectivity index (χ1) is 9.82. The summed E-state index contributed by atoms with van der Waals surface area (Å²) in [7, 11) is -0.696. The standard InChI is InChI=1S/C19H36P.HI/c1-20(17-11-5-2-6-12-17,18-13-7-3-8-14-18)19-15-9-4-10-16-19;/h17-19H,2-16H2,1H3;1H/q+1;/p-1. The molecular weight excluding hydrogens is 386 g/mol. The van der Waals surface area contributed by atoms with Gasteiger partial charge < -0.3 is 24.0 Å². The highest BCUT2D eigenvalue weighted by molar-refractivity contribution is 7.77. The van der Waals surface area contributed by atoms with Crippen LogP contribution in [0.15, 0.2) is 0 Å². The van der Waals surface area contributed by atoms with Crippen molar-refractivity contribution in [2.24, 2.45) is 0 Å². The molecule has 3 fully saturated rings. The maximum Gasteiger partial charge on any atom is 0.0700 e. The Morgan fingerprint density at radius 2 is 0.714 bits per heavy atom. The fourth-order valence-corrected chi connectivity index (χ4v) is 12.0. The van der Waals surface area contributed by atoms with E-state index >= 15 is 0 Å². The Morgan fingerprint density at radius 1 is 0.476 bits per heavy atom. The molecule has 21 heavy (non-hydrogen) atoms. The van der Waals surface area contributed by atoms with Gasteiger partial charge in [0, 0.05) is 13.9 Å². The molecule has 0 saturated heterocycles. The average Bonchev–Trinajstić information content (AvgIpc) is 2.56. The van der Waals surface area contributed by atoms with Crippen LogP contribution in [0.4, 0.5) is 0 Å². The highest BCUT2D eigenvalue weighted by Gasteiger charge is 2.53. The van der Waals surface area contributed by atoms with E-state index in [-0.39, 0.29) is 24.0 Å². The average molecular weight is 422 g/mol. The molecule has 0 aliphatic heterocycles. The second-order valence-electron chi connectivity index (χ2n) is 8.10. The molecule has 3 rings (SSSR count). The Balaban J connectivity index is 0.00000161. The van der Waals surface area contributed by atoms with Crippen LogP contribution in [0.5, 0.6) is 0 Å². The van der Waals surface area contributed by atoms with E-state index in [0.717, 1.165) is 0 Å². The maximum atomic E-state index is 2.87. The molecule has 124 valence electrons. The molecule has 2 heteroatoms. The Hall–Kier alpha value is 1.16. The molecule has 0 atom stereocenters. The molecule has 0 radical (unpaired) electrons. The van der Waals surface area contributed by atoms with E-state index in [4.69, 9.17) is 0 Å². The van der Waals surface area contributed by atoms with Crippen molar-refractivity contribution in [2.75, 3.05) is 6.66 Å². The third-order valence-corrected chi connectivity index (χ3v) is 13.4. The van der Waals surface area contributed by atoms with Crippen LogP contribution in [-0.2, 0) is 0 Å². The summed E-state index contributed by atoms with van der Waals surface area (Å²) in [5.74, 6) is 0. The molecule has 3 saturated carbocycles. The summed E-state index contributed by atoms with van der Waals surface area (Å²) < 4.78 is 0. The van der Waals surface area contributed by atoms with Crippen molar-refractivity contribution in [3.05, 3.63) is 0 Å². The van der Waals surface area contributed by atoms with Gasteiger partial charge in [-0.2, -0.15) is 0 Å². The first-order valence-electron chi connectivity index (χ1n) is 9.67. The molecule has 0 unspecified atom stereocenters. The van der Waals surface area contributed by atoms with Crippen LogP contribution in [-0.4, -0.2) is 23.6 Å². The molecule has 0 aromatic rings. The SMILES string of the molecule is C[P+](C1CCCCC1)(C1CCCCC1)C1CCCCC1.[I-]. The molecule has 0 bridgehead atoms. The van der Waals surface area contributed by atoms with Gasteiger partial charge in [0.2, 0.25) is 0 Å². The van der Waals surface area contributed by atoms with Crippen LogP contribution < -0.4 is 24.0 Å². The van der Waals surface area contributed by atoms with Gasteiger partial charge in [-0.15, -0.1) is 0 Å². The van der Waals surface area contributed by atoms with Crippen LogP contribution in [0.25, 0.3) is 0 Å². The van der Waals surface area contributed by atoms with Crippen molar-refractivity contribution in [2.45, 2.75) is 113 Å². The lowest BCUT2D eigenvalue weighted by Gasteiger charge is -2.46. The zero-order valence-corrected chi connectivity index (χ0v) is 17.2. The van der Waals surface area contributed by atoms with E-state index < -0.39 is 7.26 Å². The Labute approximate surface area is 151 Å². The van der Waals surface area contributed by atoms with Gasteiger partial charge in [-0.25, -0.2) is 0 Å². The minimum atomic E-state index is -0.696. The monoisotopic (exact) mass is 422 g/mol. The lowest BCUT2D eigenvalue weighted by molar-refractivity contribution is -0.00000432. The quantitative estimate of drug-likeness (QED) is 0.481.